The third kappa shape index (κ3) is 3.55. The van der Waals surface area contributed by atoms with Crippen LogP contribution in [0.4, 0.5) is 0 Å². The van der Waals surface area contributed by atoms with E-state index in [4.69, 9.17) is 8.83 Å². The fraction of sp³-hybridized carbons (Fsp3) is 0.438. The predicted molar refractivity (Wildman–Crippen MR) is 77.3 cm³/mol. The topological polar surface area (TPSA) is 58.6 Å². The molecular weight excluding hydrogens is 268 g/mol. The van der Waals surface area contributed by atoms with Crippen molar-refractivity contribution >= 4 is 5.91 Å². The van der Waals surface area contributed by atoms with Crippen molar-refractivity contribution in [2.75, 3.05) is 13.1 Å². The Morgan fingerprint density at radius 2 is 1.86 bits per heavy atom. The number of amides is 1. The molecule has 112 valence electrons. The summed E-state index contributed by atoms with van der Waals surface area (Å²) in [5.74, 6) is 1.79. The van der Waals surface area contributed by atoms with Crippen molar-refractivity contribution in [1.29, 1.82) is 0 Å². The number of hydrogen-bond acceptors (Lipinski definition) is 4. The Kier molecular flexibility index (Phi) is 4.40. The van der Waals surface area contributed by atoms with Crippen molar-refractivity contribution in [1.82, 2.24) is 10.2 Å². The maximum Gasteiger partial charge on any atom is 0.227 e. The second-order valence-electron chi connectivity index (χ2n) is 5.40. The van der Waals surface area contributed by atoms with Crippen LogP contribution in [0.25, 0.3) is 0 Å². The van der Waals surface area contributed by atoms with Gasteiger partial charge in [0.2, 0.25) is 5.91 Å². The van der Waals surface area contributed by atoms with Crippen LogP contribution in [0.15, 0.2) is 45.6 Å². The van der Waals surface area contributed by atoms with Crippen LogP contribution < -0.4 is 5.32 Å². The van der Waals surface area contributed by atoms with Crippen LogP contribution in [0.5, 0.6) is 0 Å². The molecule has 21 heavy (non-hydrogen) atoms. The summed E-state index contributed by atoms with van der Waals surface area (Å²) in [6, 6.07) is 7.46. The Bertz CT molecular complexity index is 506. The van der Waals surface area contributed by atoms with Crippen molar-refractivity contribution in [3.63, 3.8) is 0 Å². The number of carbonyl (C=O) groups is 1. The van der Waals surface area contributed by atoms with Crippen molar-refractivity contribution in [2.24, 2.45) is 5.92 Å². The molecule has 0 aliphatic carbocycles. The Balaban J connectivity index is 1.72. The average Bonchev–Trinajstić information content (AvgIpc) is 3.20. The van der Waals surface area contributed by atoms with Gasteiger partial charge in [-0.05, 0) is 43.7 Å². The lowest BCUT2D eigenvalue weighted by molar-refractivity contribution is -0.137. The van der Waals surface area contributed by atoms with E-state index in [1.54, 1.807) is 12.5 Å². The molecule has 5 heteroatoms. The summed E-state index contributed by atoms with van der Waals surface area (Å²) in [6.07, 6.45) is 5.25. The molecule has 0 saturated carbocycles. The number of hydrogen-bond donors (Lipinski definition) is 1. The van der Waals surface area contributed by atoms with Gasteiger partial charge in [0.05, 0.1) is 31.5 Å². The summed E-state index contributed by atoms with van der Waals surface area (Å²) in [4.78, 5) is 14.6. The highest BCUT2D eigenvalue weighted by atomic mass is 16.3. The van der Waals surface area contributed by atoms with E-state index >= 15 is 0 Å². The number of rotatable bonds is 5. The molecule has 1 saturated heterocycles. The summed E-state index contributed by atoms with van der Waals surface area (Å²) in [5, 5.41) is 3.29. The van der Waals surface area contributed by atoms with Crippen LogP contribution in [0.3, 0.4) is 0 Å². The van der Waals surface area contributed by atoms with Gasteiger partial charge in [0.25, 0.3) is 0 Å². The molecule has 1 N–H and O–H groups in total. The first-order valence-corrected chi connectivity index (χ1v) is 7.37. The van der Waals surface area contributed by atoms with E-state index in [0.717, 1.165) is 37.5 Å². The highest BCUT2D eigenvalue weighted by Crippen LogP contribution is 2.18. The zero-order valence-electron chi connectivity index (χ0n) is 12.0. The van der Waals surface area contributed by atoms with Crippen LogP contribution in [0.2, 0.25) is 0 Å². The lowest BCUT2D eigenvalue weighted by Crippen LogP contribution is -2.42. The zero-order chi connectivity index (χ0) is 14.5. The highest BCUT2D eigenvalue weighted by molar-refractivity contribution is 5.79. The van der Waals surface area contributed by atoms with Crippen LogP contribution in [-0.4, -0.2) is 23.9 Å². The van der Waals surface area contributed by atoms with Gasteiger partial charge in [-0.2, -0.15) is 0 Å². The Morgan fingerprint density at radius 1 is 1.19 bits per heavy atom. The molecule has 2 aromatic heterocycles. The van der Waals surface area contributed by atoms with Gasteiger partial charge in [-0.15, -0.1) is 0 Å². The van der Waals surface area contributed by atoms with Gasteiger partial charge in [-0.25, -0.2) is 0 Å². The van der Waals surface area contributed by atoms with Crippen LogP contribution in [-0.2, 0) is 17.9 Å². The summed E-state index contributed by atoms with van der Waals surface area (Å²) >= 11 is 0. The lowest BCUT2D eigenvalue weighted by atomic mass is 9.98. The molecule has 1 unspecified atom stereocenters. The molecule has 0 radical (unpaired) electrons. The van der Waals surface area contributed by atoms with E-state index in [9.17, 15) is 4.79 Å². The average molecular weight is 288 g/mol. The summed E-state index contributed by atoms with van der Waals surface area (Å²) in [7, 11) is 0. The van der Waals surface area contributed by atoms with Gasteiger partial charge in [0, 0.05) is 6.54 Å². The third-order valence-corrected chi connectivity index (χ3v) is 3.81. The van der Waals surface area contributed by atoms with E-state index in [1.807, 2.05) is 29.2 Å². The van der Waals surface area contributed by atoms with Crippen LogP contribution in [0.1, 0.15) is 24.4 Å². The molecule has 0 aromatic carbocycles. The fourth-order valence-electron chi connectivity index (χ4n) is 2.71. The van der Waals surface area contributed by atoms with E-state index in [2.05, 4.69) is 5.32 Å². The minimum atomic E-state index is 0.0451. The molecular formula is C16H20N2O3. The van der Waals surface area contributed by atoms with Crippen LogP contribution >= 0.6 is 0 Å². The normalized spacial score (nSPS) is 18.6. The summed E-state index contributed by atoms with van der Waals surface area (Å²) < 4.78 is 10.8. The summed E-state index contributed by atoms with van der Waals surface area (Å²) in [6.45, 7) is 2.71. The van der Waals surface area contributed by atoms with Crippen molar-refractivity contribution < 1.29 is 13.6 Å². The zero-order valence-corrected chi connectivity index (χ0v) is 12.0. The van der Waals surface area contributed by atoms with E-state index in [1.165, 1.54) is 0 Å². The number of carbonyl (C=O) groups excluding carboxylic acids is 1. The number of nitrogens with zero attached hydrogens (tertiary/aromatic N) is 1. The first-order valence-electron chi connectivity index (χ1n) is 7.37. The quantitative estimate of drug-likeness (QED) is 0.918. The van der Waals surface area contributed by atoms with Gasteiger partial charge < -0.3 is 19.1 Å². The van der Waals surface area contributed by atoms with Crippen molar-refractivity contribution in [3.05, 3.63) is 48.3 Å². The Labute approximate surface area is 123 Å². The van der Waals surface area contributed by atoms with Gasteiger partial charge in [0.15, 0.2) is 0 Å². The van der Waals surface area contributed by atoms with Crippen molar-refractivity contribution in [3.8, 4) is 0 Å². The molecule has 2 aromatic rings. The molecule has 1 atom stereocenters. The monoisotopic (exact) mass is 288 g/mol. The van der Waals surface area contributed by atoms with Gasteiger partial charge in [-0.1, -0.05) is 0 Å². The van der Waals surface area contributed by atoms with E-state index < -0.39 is 0 Å². The van der Waals surface area contributed by atoms with Gasteiger partial charge in [0.1, 0.15) is 11.5 Å². The van der Waals surface area contributed by atoms with Gasteiger partial charge >= 0.3 is 0 Å². The minimum absolute atomic E-state index is 0.0451. The first-order chi connectivity index (χ1) is 10.3. The molecule has 1 aliphatic heterocycles. The molecule has 1 amide bonds. The second kappa shape index (κ2) is 6.63. The number of nitrogens with one attached hydrogen (secondary N) is 1. The Morgan fingerprint density at radius 3 is 2.33 bits per heavy atom. The maximum absolute atomic E-state index is 12.8. The van der Waals surface area contributed by atoms with E-state index in [-0.39, 0.29) is 11.8 Å². The smallest absolute Gasteiger partial charge is 0.227 e. The first kappa shape index (κ1) is 13.9. The van der Waals surface area contributed by atoms with Crippen molar-refractivity contribution in [2.45, 2.75) is 25.9 Å². The molecule has 5 nitrogen and oxygen atoms in total. The molecule has 0 bridgehead atoms. The lowest BCUT2D eigenvalue weighted by Gasteiger charge is -2.28. The summed E-state index contributed by atoms with van der Waals surface area (Å²) in [5.41, 5.74) is 0. The largest absolute Gasteiger partial charge is 0.467 e. The number of furan rings is 2. The molecule has 3 rings (SSSR count). The molecule has 1 aliphatic rings. The fourth-order valence-corrected chi connectivity index (χ4v) is 2.71. The molecule has 0 spiro atoms. The van der Waals surface area contributed by atoms with E-state index in [0.29, 0.717) is 13.1 Å². The molecule has 1 fully saturated rings. The third-order valence-electron chi connectivity index (χ3n) is 3.81. The number of piperidine rings is 1. The van der Waals surface area contributed by atoms with Gasteiger partial charge in [-0.3, -0.25) is 4.79 Å². The SMILES string of the molecule is O=C(C1CCCNC1)N(Cc1ccco1)Cc1ccco1. The van der Waals surface area contributed by atoms with Crippen LogP contribution in [0, 0.1) is 5.92 Å². The minimum Gasteiger partial charge on any atom is -0.467 e. The molecule has 3 heterocycles. The Hall–Kier alpha value is -2.01. The predicted octanol–water partition coefficient (Wildman–Crippen LogP) is 2.40. The standard InChI is InChI=1S/C16H20N2O3/c19-16(13-4-1-7-17-10-13)18(11-14-5-2-8-20-14)12-15-6-3-9-21-15/h2-3,5-6,8-9,13,17H,1,4,7,10-12H2. The highest BCUT2D eigenvalue weighted by Gasteiger charge is 2.27. The maximum atomic E-state index is 12.8. The second-order valence-corrected chi connectivity index (χ2v) is 5.40.